The number of aromatic nitrogens is 1. The fourth-order valence-electron chi connectivity index (χ4n) is 4.45. The average Bonchev–Trinajstić information content (AvgIpc) is 3.26. The summed E-state index contributed by atoms with van der Waals surface area (Å²) in [5.74, 6) is -1.95. The van der Waals surface area contributed by atoms with E-state index in [2.05, 4.69) is 15.5 Å². The molecule has 1 fully saturated rings. The minimum atomic E-state index is -0.801. The molecule has 1 N–H and O–H groups in total. The fraction of sp³-hybridized carbons (Fsp3) is 0.296. The Hall–Kier alpha value is -3.61. The minimum Gasteiger partial charge on any atom is -0.389 e. The highest BCUT2D eigenvalue weighted by molar-refractivity contribution is 6.05. The molecule has 0 bridgehead atoms. The van der Waals surface area contributed by atoms with Crippen LogP contribution < -0.4 is 5.32 Å². The van der Waals surface area contributed by atoms with Crippen molar-refractivity contribution in [3.8, 4) is 11.1 Å². The molecular weight excluding hydrogens is 436 g/mol. The van der Waals surface area contributed by atoms with Gasteiger partial charge >= 0.3 is 0 Å². The van der Waals surface area contributed by atoms with Crippen LogP contribution in [-0.4, -0.2) is 22.2 Å². The maximum Gasteiger partial charge on any atom is 0.251 e. The van der Waals surface area contributed by atoms with Gasteiger partial charge in [0.25, 0.3) is 5.91 Å². The van der Waals surface area contributed by atoms with Crippen LogP contribution in [0.25, 0.3) is 11.1 Å². The zero-order valence-corrected chi connectivity index (χ0v) is 19.1. The lowest BCUT2D eigenvalue weighted by molar-refractivity contribution is -0.0755. The zero-order valence-electron chi connectivity index (χ0n) is 19.1. The number of hydrogen-bond acceptors (Lipinski definition) is 4. The van der Waals surface area contributed by atoms with Gasteiger partial charge in [0.05, 0.1) is 23.6 Å². The van der Waals surface area contributed by atoms with Gasteiger partial charge in [0, 0.05) is 23.6 Å². The van der Waals surface area contributed by atoms with Crippen molar-refractivity contribution in [3.05, 3.63) is 88.7 Å². The molecule has 0 unspecified atom stereocenters. The number of hydrogen-bond donors (Lipinski definition) is 1. The van der Waals surface area contributed by atoms with Gasteiger partial charge < -0.3 is 10.2 Å². The van der Waals surface area contributed by atoms with Crippen LogP contribution in [0.3, 0.4) is 0 Å². The van der Waals surface area contributed by atoms with Crippen LogP contribution in [0.1, 0.15) is 65.8 Å². The van der Waals surface area contributed by atoms with E-state index in [1.165, 1.54) is 0 Å². The Morgan fingerprint density at radius 1 is 1.06 bits per heavy atom. The second kappa shape index (κ2) is 8.63. The van der Waals surface area contributed by atoms with Crippen molar-refractivity contribution in [2.24, 2.45) is 5.16 Å². The highest BCUT2D eigenvalue weighted by Gasteiger charge is 2.45. The third-order valence-corrected chi connectivity index (χ3v) is 6.61. The molecule has 2 heterocycles. The van der Waals surface area contributed by atoms with E-state index < -0.39 is 17.7 Å². The normalized spacial score (nSPS) is 17.0. The van der Waals surface area contributed by atoms with Gasteiger partial charge in [0.2, 0.25) is 0 Å². The number of oxime groups is 1. The highest BCUT2D eigenvalue weighted by Crippen LogP contribution is 2.43. The van der Waals surface area contributed by atoms with E-state index in [4.69, 9.17) is 4.84 Å². The maximum atomic E-state index is 14.2. The molecule has 1 aromatic heterocycles. The highest BCUT2D eigenvalue weighted by atomic mass is 19.1. The van der Waals surface area contributed by atoms with E-state index in [9.17, 15) is 13.6 Å². The summed E-state index contributed by atoms with van der Waals surface area (Å²) in [5, 5.41) is 7.13. The maximum absolute atomic E-state index is 14.2. The number of carbonyl (C=O) groups is 1. The minimum absolute atomic E-state index is 0.0230. The van der Waals surface area contributed by atoms with Crippen molar-refractivity contribution in [2.75, 3.05) is 0 Å². The Morgan fingerprint density at radius 2 is 1.79 bits per heavy atom. The number of nitrogens with zero attached hydrogens (tertiary/aromatic N) is 2. The summed E-state index contributed by atoms with van der Waals surface area (Å²) in [6.07, 6.45) is 4.75. The van der Waals surface area contributed by atoms with Crippen molar-refractivity contribution in [2.45, 2.75) is 51.2 Å². The summed E-state index contributed by atoms with van der Waals surface area (Å²) < 4.78 is 27.4. The summed E-state index contributed by atoms with van der Waals surface area (Å²) in [6.45, 7) is 3.63. The lowest BCUT2D eigenvalue weighted by atomic mass is 9.76. The molecule has 0 saturated heterocycles. The van der Waals surface area contributed by atoms with Gasteiger partial charge in [0.1, 0.15) is 17.2 Å². The van der Waals surface area contributed by atoms with E-state index >= 15 is 0 Å². The molecule has 5 nitrogen and oxygen atoms in total. The van der Waals surface area contributed by atoms with Crippen LogP contribution in [-0.2, 0) is 4.84 Å². The van der Waals surface area contributed by atoms with Gasteiger partial charge in [-0.05, 0) is 62.4 Å². The third kappa shape index (κ3) is 4.30. The van der Waals surface area contributed by atoms with Gasteiger partial charge in [-0.25, -0.2) is 8.78 Å². The van der Waals surface area contributed by atoms with Gasteiger partial charge in [0.15, 0.2) is 0 Å². The molecule has 1 spiro atoms. The molecule has 1 aliphatic carbocycles. The molecule has 0 radical (unpaired) electrons. The number of halogens is 2. The van der Waals surface area contributed by atoms with Crippen LogP contribution in [0.5, 0.6) is 0 Å². The number of nitrogens with one attached hydrogen (secondary N) is 1. The van der Waals surface area contributed by atoms with E-state index in [-0.39, 0.29) is 17.2 Å². The lowest BCUT2D eigenvalue weighted by Crippen LogP contribution is -2.36. The quantitative estimate of drug-likeness (QED) is 0.517. The first-order chi connectivity index (χ1) is 16.3. The number of pyridine rings is 1. The smallest absolute Gasteiger partial charge is 0.251 e. The Kier molecular flexibility index (Phi) is 5.63. The number of amides is 1. The van der Waals surface area contributed by atoms with Crippen LogP contribution >= 0.6 is 0 Å². The molecule has 34 heavy (non-hydrogen) atoms. The van der Waals surface area contributed by atoms with Gasteiger partial charge in [-0.15, -0.1) is 0 Å². The van der Waals surface area contributed by atoms with Crippen molar-refractivity contribution in [1.82, 2.24) is 10.3 Å². The summed E-state index contributed by atoms with van der Waals surface area (Å²) in [4.78, 5) is 22.8. The van der Waals surface area contributed by atoms with Crippen LogP contribution in [0.4, 0.5) is 8.78 Å². The topological polar surface area (TPSA) is 63.6 Å². The van der Waals surface area contributed by atoms with Crippen molar-refractivity contribution in [3.63, 3.8) is 0 Å². The molecule has 1 saturated carbocycles. The van der Waals surface area contributed by atoms with Crippen LogP contribution in [0, 0.1) is 18.6 Å². The Balaban J connectivity index is 1.47. The molecular formula is C27H25F2N3O2. The first-order valence-electron chi connectivity index (χ1n) is 11.4. The van der Waals surface area contributed by atoms with Crippen molar-refractivity contribution in [1.29, 1.82) is 0 Å². The summed E-state index contributed by atoms with van der Waals surface area (Å²) >= 11 is 0. The van der Waals surface area contributed by atoms with Crippen LogP contribution in [0.2, 0.25) is 0 Å². The van der Waals surface area contributed by atoms with Gasteiger partial charge in [-0.1, -0.05) is 35.0 Å². The predicted molar refractivity (Wildman–Crippen MR) is 125 cm³/mol. The molecule has 3 aromatic rings. The fourth-order valence-corrected chi connectivity index (χ4v) is 4.45. The summed E-state index contributed by atoms with van der Waals surface area (Å²) in [6, 6.07) is 13.7. The van der Waals surface area contributed by atoms with E-state index in [0.717, 1.165) is 59.5 Å². The largest absolute Gasteiger partial charge is 0.389 e. The first kappa shape index (κ1) is 22.2. The Bertz CT molecular complexity index is 1280. The third-order valence-electron chi connectivity index (χ3n) is 6.61. The molecule has 2 aliphatic rings. The van der Waals surface area contributed by atoms with Gasteiger partial charge in [-0.3, -0.25) is 9.78 Å². The second-order valence-electron chi connectivity index (χ2n) is 9.22. The molecule has 174 valence electrons. The van der Waals surface area contributed by atoms with Gasteiger partial charge in [-0.2, -0.15) is 0 Å². The molecule has 7 heteroatoms. The number of rotatable bonds is 5. The number of aryl methyl sites for hydroxylation is 1. The first-order valence-corrected chi connectivity index (χ1v) is 11.4. The second-order valence-corrected chi connectivity index (χ2v) is 9.22. The molecule has 1 amide bonds. The van der Waals surface area contributed by atoms with Crippen molar-refractivity contribution < 1.29 is 18.4 Å². The molecule has 1 aliphatic heterocycles. The number of carbonyl (C=O) groups excluding carboxylic acids is 1. The predicted octanol–water partition coefficient (Wildman–Crippen LogP) is 5.87. The van der Waals surface area contributed by atoms with E-state index in [0.29, 0.717) is 12.0 Å². The molecule has 1 atom stereocenters. The summed E-state index contributed by atoms with van der Waals surface area (Å²) in [7, 11) is 0. The van der Waals surface area contributed by atoms with E-state index in [1.807, 2.05) is 37.3 Å². The monoisotopic (exact) mass is 461 g/mol. The van der Waals surface area contributed by atoms with E-state index in [1.54, 1.807) is 19.1 Å². The SMILES string of the molecule is Cc1ccc(-c2cc(C(=O)N[C@H](C)c3ncc(F)cc3F)cc(C3=NOC4(CCC4)C3)c2)cc1. The molecule has 2 aromatic carbocycles. The number of benzene rings is 2. The van der Waals surface area contributed by atoms with Crippen molar-refractivity contribution >= 4 is 11.6 Å². The standard InChI is InChI=1S/C27H25F2N3O2/c1-16-4-6-18(7-5-16)19-10-20(24-14-27(34-32-24)8-3-9-27)12-21(11-19)26(33)31-17(2)25-23(29)13-22(28)15-30-25/h4-7,10-13,15,17H,3,8-9,14H2,1-2H3,(H,31,33)/t17-/m1/s1. The zero-order chi connectivity index (χ0) is 23.9. The van der Waals surface area contributed by atoms with Crippen LogP contribution in [0.15, 0.2) is 59.9 Å². The lowest BCUT2D eigenvalue weighted by Gasteiger charge is -2.34. The average molecular weight is 462 g/mol. The Morgan fingerprint density at radius 3 is 2.44 bits per heavy atom. The summed E-state index contributed by atoms with van der Waals surface area (Å²) in [5.41, 5.74) is 4.83. The Labute approximate surface area is 196 Å². The molecule has 5 rings (SSSR count).